The fraction of sp³-hybridized carbons (Fsp3) is 0.667. The predicted octanol–water partition coefficient (Wildman–Crippen LogP) is 0.276. The standard InChI is InChI=1S/C3H4BrNO2S/c1-8(6,7)3(4)2-5/h3H,1H3. The number of halogens is 1. The van der Waals surface area contributed by atoms with Crippen molar-refractivity contribution in [3.05, 3.63) is 0 Å². The summed E-state index contributed by atoms with van der Waals surface area (Å²) in [6.07, 6.45) is 0.996. The first-order chi connectivity index (χ1) is 3.48. The maximum Gasteiger partial charge on any atom is 0.201 e. The van der Waals surface area contributed by atoms with E-state index in [9.17, 15) is 8.42 Å². The monoisotopic (exact) mass is 197 g/mol. The van der Waals surface area contributed by atoms with Crippen molar-refractivity contribution in [1.29, 1.82) is 5.26 Å². The maximum absolute atomic E-state index is 10.3. The van der Waals surface area contributed by atoms with E-state index < -0.39 is 14.0 Å². The van der Waals surface area contributed by atoms with Crippen molar-refractivity contribution < 1.29 is 8.42 Å². The maximum atomic E-state index is 10.3. The Morgan fingerprint density at radius 1 is 1.75 bits per heavy atom. The van der Waals surface area contributed by atoms with Gasteiger partial charge >= 0.3 is 0 Å². The van der Waals surface area contributed by atoms with Crippen molar-refractivity contribution in [2.75, 3.05) is 6.26 Å². The quantitative estimate of drug-likeness (QED) is 0.568. The Hall–Kier alpha value is -0.0800. The Kier molecular flexibility index (Phi) is 2.44. The van der Waals surface area contributed by atoms with Gasteiger partial charge in [0.25, 0.3) is 0 Å². The zero-order valence-corrected chi connectivity index (χ0v) is 6.53. The smallest absolute Gasteiger partial charge is 0.201 e. The molecule has 0 aromatic carbocycles. The highest BCUT2D eigenvalue weighted by molar-refractivity contribution is 9.11. The Labute approximate surface area is 56.4 Å². The molecule has 0 aromatic heterocycles. The normalized spacial score (nSPS) is 14.6. The molecule has 0 bridgehead atoms. The largest absolute Gasteiger partial charge is 0.227 e. The molecule has 0 spiro atoms. The summed E-state index contributed by atoms with van der Waals surface area (Å²) < 4.78 is 19.5. The molecule has 0 aromatic rings. The van der Waals surface area contributed by atoms with Crippen LogP contribution in [0.5, 0.6) is 0 Å². The van der Waals surface area contributed by atoms with Crippen LogP contribution in [0.3, 0.4) is 0 Å². The van der Waals surface area contributed by atoms with Crippen LogP contribution >= 0.6 is 15.9 Å². The molecule has 1 atom stereocenters. The third kappa shape index (κ3) is 2.28. The minimum absolute atomic E-state index is 0.996. The molecule has 0 N–H and O–H groups in total. The van der Waals surface area contributed by atoms with Crippen LogP contribution < -0.4 is 0 Å². The Morgan fingerprint density at radius 2 is 2.12 bits per heavy atom. The molecule has 0 aliphatic heterocycles. The number of hydrogen-bond donors (Lipinski definition) is 0. The van der Waals surface area contributed by atoms with Gasteiger partial charge in [-0.05, 0) is 0 Å². The molecule has 8 heavy (non-hydrogen) atoms. The molecule has 0 aliphatic rings. The minimum atomic E-state index is -3.20. The number of sulfone groups is 1. The molecular formula is C3H4BrNO2S. The average Bonchev–Trinajstić information content (AvgIpc) is 1.62. The Balaban J connectivity index is 4.34. The van der Waals surface area contributed by atoms with Gasteiger partial charge in [-0.2, -0.15) is 5.26 Å². The van der Waals surface area contributed by atoms with Crippen LogP contribution in [0, 0.1) is 11.3 Å². The van der Waals surface area contributed by atoms with Crippen LogP contribution in [0.25, 0.3) is 0 Å². The molecule has 0 saturated heterocycles. The lowest BCUT2D eigenvalue weighted by Crippen LogP contribution is -2.08. The summed E-state index contributed by atoms with van der Waals surface area (Å²) in [5.74, 6) is 0. The molecule has 0 radical (unpaired) electrons. The Morgan fingerprint density at radius 3 is 2.12 bits per heavy atom. The van der Waals surface area contributed by atoms with E-state index in [2.05, 4.69) is 15.9 Å². The zero-order chi connectivity index (χ0) is 6.78. The highest BCUT2D eigenvalue weighted by atomic mass is 79.9. The van der Waals surface area contributed by atoms with Crippen LogP contribution in [-0.2, 0) is 9.84 Å². The summed E-state index contributed by atoms with van der Waals surface area (Å²) in [6.45, 7) is 0. The molecule has 0 heterocycles. The van der Waals surface area contributed by atoms with Crippen LogP contribution in [0.2, 0.25) is 0 Å². The van der Waals surface area contributed by atoms with Gasteiger partial charge in [-0.25, -0.2) is 8.42 Å². The van der Waals surface area contributed by atoms with Crippen molar-refractivity contribution in [1.82, 2.24) is 0 Å². The van der Waals surface area contributed by atoms with E-state index in [1.165, 1.54) is 6.07 Å². The van der Waals surface area contributed by atoms with Crippen molar-refractivity contribution in [2.45, 2.75) is 4.16 Å². The first-order valence-electron chi connectivity index (χ1n) is 1.71. The van der Waals surface area contributed by atoms with Crippen LogP contribution in [-0.4, -0.2) is 18.8 Å². The number of hydrogen-bond acceptors (Lipinski definition) is 3. The number of nitrogens with zero attached hydrogens (tertiary/aromatic N) is 1. The first-order valence-corrected chi connectivity index (χ1v) is 4.58. The SMILES string of the molecule is CS(=O)(=O)C(Br)C#N. The van der Waals surface area contributed by atoms with E-state index in [4.69, 9.17) is 5.26 Å². The lowest BCUT2D eigenvalue weighted by molar-refractivity contribution is 0.603. The third-order valence-electron chi connectivity index (χ3n) is 0.477. The predicted molar refractivity (Wildman–Crippen MR) is 33.2 cm³/mol. The summed E-state index contributed by atoms with van der Waals surface area (Å²) in [6, 6.07) is 1.53. The lowest BCUT2D eigenvalue weighted by atomic mass is 10.9. The molecule has 1 unspecified atom stereocenters. The molecule has 46 valence electrons. The van der Waals surface area contributed by atoms with Crippen molar-refractivity contribution in [3.63, 3.8) is 0 Å². The zero-order valence-electron chi connectivity index (χ0n) is 4.13. The van der Waals surface area contributed by atoms with Gasteiger partial charge in [0.15, 0.2) is 9.84 Å². The molecule has 0 fully saturated rings. The van der Waals surface area contributed by atoms with Gasteiger partial charge in [-0.3, -0.25) is 0 Å². The highest BCUT2D eigenvalue weighted by Gasteiger charge is 2.14. The fourth-order valence-electron chi connectivity index (χ4n) is 0.0957. The second-order valence-electron chi connectivity index (χ2n) is 1.27. The van der Waals surface area contributed by atoms with Gasteiger partial charge in [0.1, 0.15) is 0 Å². The minimum Gasteiger partial charge on any atom is -0.227 e. The van der Waals surface area contributed by atoms with E-state index in [1.807, 2.05) is 0 Å². The van der Waals surface area contributed by atoms with Crippen molar-refractivity contribution in [3.8, 4) is 6.07 Å². The van der Waals surface area contributed by atoms with Gasteiger partial charge in [-0.1, -0.05) is 15.9 Å². The van der Waals surface area contributed by atoms with Gasteiger partial charge in [0.2, 0.25) is 4.16 Å². The first kappa shape index (κ1) is 7.92. The number of alkyl halides is 1. The Bertz CT molecular complexity index is 202. The van der Waals surface area contributed by atoms with Crippen LogP contribution in [0.4, 0.5) is 0 Å². The van der Waals surface area contributed by atoms with Crippen molar-refractivity contribution in [2.24, 2.45) is 0 Å². The van der Waals surface area contributed by atoms with Gasteiger partial charge in [0, 0.05) is 6.26 Å². The number of nitriles is 1. The molecular weight excluding hydrogens is 194 g/mol. The third-order valence-corrected chi connectivity index (χ3v) is 3.58. The summed E-state index contributed by atoms with van der Waals surface area (Å²) in [4.78, 5) is 0. The summed E-state index contributed by atoms with van der Waals surface area (Å²) in [7, 11) is -3.20. The van der Waals surface area contributed by atoms with Gasteiger partial charge in [-0.15, -0.1) is 0 Å². The molecule has 5 heteroatoms. The molecule has 3 nitrogen and oxygen atoms in total. The highest BCUT2D eigenvalue weighted by Crippen LogP contribution is 2.04. The lowest BCUT2D eigenvalue weighted by Gasteiger charge is -1.91. The number of rotatable bonds is 1. The van der Waals surface area contributed by atoms with E-state index in [0.29, 0.717) is 0 Å². The molecule has 0 amide bonds. The summed E-state index contributed by atoms with van der Waals surface area (Å²) >= 11 is 2.65. The van der Waals surface area contributed by atoms with E-state index in [1.54, 1.807) is 0 Å². The second kappa shape index (κ2) is 2.46. The molecule has 0 saturated carbocycles. The second-order valence-corrected chi connectivity index (χ2v) is 4.93. The van der Waals surface area contributed by atoms with Gasteiger partial charge < -0.3 is 0 Å². The summed E-state index contributed by atoms with van der Waals surface area (Å²) in [5.41, 5.74) is 0. The average molecular weight is 198 g/mol. The van der Waals surface area contributed by atoms with Crippen LogP contribution in [0.1, 0.15) is 0 Å². The molecule has 0 rings (SSSR count). The molecule has 0 aliphatic carbocycles. The van der Waals surface area contributed by atoms with Crippen LogP contribution in [0.15, 0.2) is 0 Å². The topological polar surface area (TPSA) is 57.9 Å². The van der Waals surface area contributed by atoms with E-state index >= 15 is 0 Å². The fourth-order valence-corrected chi connectivity index (χ4v) is 0.287. The van der Waals surface area contributed by atoms with Gasteiger partial charge in [0.05, 0.1) is 6.07 Å². The van der Waals surface area contributed by atoms with E-state index in [0.717, 1.165) is 6.26 Å². The van der Waals surface area contributed by atoms with E-state index in [-0.39, 0.29) is 0 Å². The summed E-state index contributed by atoms with van der Waals surface area (Å²) in [5, 5.41) is 7.99. The van der Waals surface area contributed by atoms with Crippen molar-refractivity contribution >= 4 is 25.8 Å².